The number of hydrogen-bond acceptors (Lipinski definition) is 20. The summed E-state index contributed by atoms with van der Waals surface area (Å²) in [5, 5.41) is 61.1. The molecule has 1 aliphatic carbocycles. The minimum atomic E-state index is -4.43. The number of carbonyl (C=O) groups excluding carboxylic acids is 5. The van der Waals surface area contributed by atoms with Crippen molar-refractivity contribution >= 4 is 46.0 Å². The quantitative estimate of drug-likeness (QED) is 0.0848. The van der Waals surface area contributed by atoms with Crippen LogP contribution < -0.4 is 26.0 Å². The van der Waals surface area contributed by atoms with Gasteiger partial charge in [0, 0.05) is 25.6 Å². The number of carbonyl (C=O) groups is 5. The van der Waals surface area contributed by atoms with E-state index in [0.717, 1.165) is 4.90 Å². The molecule has 5 amide bonds. The van der Waals surface area contributed by atoms with E-state index in [1.165, 1.54) is 44.3 Å². The number of rotatable bonds is 16. The largest absolute Gasteiger partial charge is 0.491 e. The Hall–Kier alpha value is -5.42. The third-order valence-electron chi connectivity index (χ3n) is 11.7. The monoisotopic (exact) mass is 1100 g/mol. The molecule has 12 atom stereocenters. The van der Waals surface area contributed by atoms with Crippen LogP contribution in [-0.4, -0.2) is 180 Å². The van der Waals surface area contributed by atoms with Crippen molar-refractivity contribution in [2.75, 3.05) is 26.7 Å². The highest BCUT2D eigenvalue weighted by Gasteiger charge is 2.57. The van der Waals surface area contributed by atoms with Crippen molar-refractivity contribution in [3.8, 4) is 0 Å². The fraction of sp³-hybridized carbons (Fsp3) is 0.735. The molecule has 0 aromatic heterocycles. The molecule has 9 N–H and O–H groups in total. The smallest absolute Gasteiger partial charge is 0.410 e. The van der Waals surface area contributed by atoms with E-state index in [-0.39, 0.29) is 37.3 Å². The van der Waals surface area contributed by atoms with E-state index in [9.17, 15) is 57.7 Å². The molecule has 2 fully saturated rings. The van der Waals surface area contributed by atoms with Gasteiger partial charge >= 0.3 is 24.4 Å². The Bertz CT molecular complexity index is 2360. The first-order valence-electron chi connectivity index (χ1n) is 24.8. The van der Waals surface area contributed by atoms with E-state index >= 15 is 0 Å². The fourth-order valence-corrected chi connectivity index (χ4v) is 9.86. The lowest BCUT2D eigenvalue weighted by Gasteiger charge is -2.52. The predicted octanol–water partition coefficient (Wildman–Crippen LogP) is 3.05. The molecule has 1 unspecified atom stereocenters. The zero-order valence-corrected chi connectivity index (χ0v) is 46.5. The molecule has 27 heteroatoms. The molecule has 4 rings (SSSR count). The van der Waals surface area contributed by atoms with Crippen LogP contribution in [0.25, 0.3) is 0 Å². The van der Waals surface area contributed by atoms with Crippen molar-refractivity contribution in [3.05, 3.63) is 41.0 Å². The van der Waals surface area contributed by atoms with Gasteiger partial charge in [-0.15, -0.1) is 4.91 Å². The molecule has 76 heavy (non-hydrogen) atoms. The molecule has 2 heterocycles. The maximum absolute atomic E-state index is 14.0. The van der Waals surface area contributed by atoms with Gasteiger partial charge in [-0.2, -0.15) is 0 Å². The Kier molecular flexibility index (Phi) is 20.7. The Balaban J connectivity index is 1.84. The van der Waals surface area contributed by atoms with Crippen molar-refractivity contribution in [1.29, 1.82) is 0 Å². The van der Waals surface area contributed by atoms with Crippen LogP contribution in [0.5, 0.6) is 0 Å². The van der Waals surface area contributed by atoms with Gasteiger partial charge in [0.05, 0.1) is 37.4 Å². The topological polar surface area (TPSA) is 358 Å². The molecule has 0 bridgehead atoms. The average molecular weight is 1100 g/mol. The molecule has 1 aromatic carbocycles. The number of likely N-dealkylation sites (N-methyl/N-ethyl adjacent to an activating group) is 1. The summed E-state index contributed by atoms with van der Waals surface area (Å²) < 4.78 is 70.3. The molecule has 0 spiro atoms. The number of sulfonamides is 1. The first kappa shape index (κ1) is 63.1. The van der Waals surface area contributed by atoms with Crippen LogP contribution in [0.2, 0.25) is 0 Å². The third kappa shape index (κ3) is 18.4. The van der Waals surface area contributed by atoms with Crippen LogP contribution in [0.3, 0.4) is 0 Å². The summed E-state index contributed by atoms with van der Waals surface area (Å²) in [6, 6.07) is -0.171. The average Bonchev–Trinajstić information content (AvgIpc) is 3.25. The lowest BCUT2D eigenvalue weighted by Crippen LogP contribution is -2.71. The van der Waals surface area contributed by atoms with Gasteiger partial charge in [0.15, 0.2) is 6.29 Å². The first-order valence-corrected chi connectivity index (χ1v) is 26.3. The second-order valence-electron chi connectivity index (χ2n) is 23.2. The van der Waals surface area contributed by atoms with Gasteiger partial charge in [0.25, 0.3) is 0 Å². The molecule has 3 aliphatic rings. The second-order valence-corrected chi connectivity index (χ2v) is 24.9. The molecule has 0 radical (unpaired) electrons. The second kappa shape index (κ2) is 24.9. The van der Waals surface area contributed by atoms with Gasteiger partial charge in [0.1, 0.15) is 68.8 Å². The summed E-state index contributed by atoms with van der Waals surface area (Å²) in [7, 11) is -3.15. The summed E-state index contributed by atoms with van der Waals surface area (Å²) >= 11 is 0. The van der Waals surface area contributed by atoms with Gasteiger partial charge in [-0.1, -0.05) is 12.1 Å². The predicted molar refractivity (Wildman–Crippen MR) is 271 cm³/mol. The standard InChI is InChI=1S/C49H79N7O19S/c1-45(2,3)72-41(61)50-22-21-31(57)39(60)52-30-23-29(54-43(63)74-47(7,8)9)33(34(58)37(30)71-40-35(59)38(49(13,65)25-69-40)56(14)44(64)75-48(10,11)12)36-28(53-42(62)73-46(4,5)6)20-19-26(70-36)24-51-76(67,68)32-18-16-15-17-27(32)55-66/h15-19,28-31,33-38,40,51,57-59,65H,20-25H2,1-14H3,(H,50,61)(H,52,60)(H,53,62)(H,54,63)/t28-,29+,30-,31+,33-,34+,35-,36?,37+,38-,40-,49+/m1/s1. The zero-order valence-electron chi connectivity index (χ0n) is 45.7. The first-order chi connectivity index (χ1) is 34.8. The summed E-state index contributed by atoms with van der Waals surface area (Å²) in [4.78, 5) is 79.1. The van der Waals surface area contributed by atoms with Crippen molar-refractivity contribution < 1.29 is 86.0 Å². The van der Waals surface area contributed by atoms with E-state index in [1.54, 1.807) is 83.1 Å². The number of alkyl carbamates (subject to hydrolysis) is 3. The van der Waals surface area contributed by atoms with E-state index in [2.05, 4.69) is 31.2 Å². The number of hydrogen-bond donors (Lipinski definition) is 9. The van der Waals surface area contributed by atoms with Crippen LogP contribution in [0.15, 0.2) is 46.2 Å². The maximum atomic E-state index is 14.0. The van der Waals surface area contributed by atoms with Crippen LogP contribution in [0, 0.1) is 10.8 Å². The molecular weight excluding hydrogens is 1020 g/mol. The van der Waals surface area contributed by atoms with Crippen LogP contribution in [0.4, 0.5) is 24.9 Å². The number of aliphatic hydroxyl groups excluding tert-OH is 3. The zero-order chi connectivity index (χ0) is 57.5. The number of benzene rings is 1. The number of nitrogens with zero attached hydrogens (tertiary/aromatic N) is 2. The molecule has 430 valence electrons. The van der Waals surface area contributed by atoms with Gasteiger partial charge < -0.3 is 79.8 Å². The Morgan fingerprint density at radius 3 is 1.93 bits per heavy atom. The van der Waals surface area contributed by atoms with Gasteiger partial charge in [-0.25, -0.2) is 32.3 Å². The molecule has 1 saturated carbocycles. The molecule has 2 aliphatic heterocycles. The van der Waals surface area contributed by atoms with E-state index in [0.29, 0.717) is 0 Å². The van der Waals surface area contributed by atoms with Gasteiger partial charge in [0.2, 0.25) is 15.9 Å². The van der Waals surface area contributed by atoms with Crippen molar-refractivity contribution in [1.82, 2.24) is 30.9 Å². The fourth-order valence-electron chi connectivity index (χ4n) is 8.73. The third-order valence-corrected chi connectivity index (χ3v) is 13.2. The normalized spacial score (nSPS) is 27.7. The number of aliphatic hydroxyl groups is 4. The van der Waals surface area contributed by atoms with Crippen molar-refractivity contribution in [2.45, 2.75) is 203 Å². The highest BCUT2D eigenvalue weighted by atomic mass is 32.2. The number of nitroso groups, excluding NO2 is 1. The Labute approximate surface area is 443 Å². The van der Waals surface area contributed by atoms with Crippen molar-refractivity contribution in [2.24, 2.45) is 11.1 Å². The summed E-state index contributed by atoms with van der Waals surface area (Å²) in [5.74, 6) is -2.53. The summed E-state index contributed by atoms with van der Waals surface area (Å²) in [5.41, 5.74) is -6.22. The maximum Gasteiger partial charge on any atom is 0.410 e. The Morgan fingerprint density at radius 1 is 0.816 bits per heavy atom. The summed E-state index contributed by atoms with van der Waals surface area (Å²) in [6.45, 7) is 19.4. The number of nitrogens with one attached hydrogen (secondary N) is 5. The molecule has 1 saturated heterocycles. The molecule has 26 nitrogen and oxygen atoms in total. The van der Waals surface area contributed by atoms with Crippen LogP contribution >= 0.6 is 0 Å². The van der Waals surface area contributed by atoms with E-state index in [4.69, 9.17) is 33.2 Å². The number of amides is 5. The lowest BCUT2D eigenvalue weighted by molar-refractivity contribution is -0.305. The number of ether oxygens (including phenoxy) is 7. The highest BCUT2D eigenvalue weighted by molar-refractivity contribution is 7.89. The van der Waals surface area contributed by atoms with Crippen LogP contribution in [0.1, 0.15) is 109 Å². The highest BCUT2D eigenvalue weighted by Crippen LogP contribution is 2.39. The summed E-state index contributed by atoms with van der Waals surface area (Å²) in [6.07, 6.45) is -13.7. The van der Waals surface area contributed by atoms with E-state index < -0.39 is 153 Å². The van der Waals surface area contributed by atoms with Gasteiger partial charge in [-0.3, -0.25) is 4.79 Å². The SMILES string of the molecule is CN(C(=O)OC(C)(C)C)[C@@H]1[C@@H](O)[C@@H](O[C@@H]2[C@@H](O)[C@H](C3OC(CNS(=O)(=O)c4ccccc4N=O)=CC[C@H]3NC(=O)OC(C)(C)C)[C@@H](NC(=O)OC(C)(C)C)C[C@H]2NC(=O)[C@@H](O)CCNC(=O)OC(C)(C)C)OC[C@]1(C)O. The van der Waals surface area contributed by atoms with Crippen LogP contribution in [-0.2, 0) is 48.0 Å². The minimum Gasteiger partial charge on any atom is -0.491 e. The van der Waals surface area contributed by atoms with Crippen molar-refractivity contribution in [3.63, 3.8) is 0 Å². The molecule has 1 aromatic rings. The Morgan fingerprint density at radius 2 is 1.37 bits per heavy atom. The minimum absolute atomic E-state index is 0.0483. The molecular formula is C49H79N7O19S. The van der Waals surface area contributed by atoms with Gasteiger partial charge in [-0.05, 0) is 133 Å². The lowest BCUT2D eigenvalue weighted by atomic mass is 9.72. The van der Waals surface area contributed by atoms with E-state index in [1.807, 2.05) is 0 Å².